The predicted molar refractivity (Wildman–Crippen MR) is 98.2 cm³/mol. The van der Waals surface area contributed by atoms with E-state index in [1.807, 2.05) is 42.5 Å². The Morgan fingerprint density at radius 1 is 0.792 bits per heavy atom. The third-order valence-electron chi connectivity index (χ3n) is 3.51. The van der Waals surface area contributed by atoms with Gasteiger partial charge in [-0.15, -0.1) is 0 Å². The van der Waals surface area contributed by atoms with Crippen molar-refractivity contribution in [3.05, 3.63) is 64.6 Å². The van der Waals surface area contributed by atoms with E-state index in [2.05, 4.69) is 4.90 Å². The molecule has 1 aliphatic heterocycles. The summed E-state index contributed by atoms with van der Waals surface area (Å²) in [4.78, 5) is 2.10. The zero-order valence-corrected chi connectivity index (χ0v) is 15.2. The van der Waals surface area contributed by atoms with Crippen molar-refractivity contribution in [2.75, 3.05) is 31.1 Å². The van der Waals surface area contributed by atoms with Gasteiger partial charge in [-0.2, -0.15) is 12.7 Å². The Kier molecular flexibility index (Phi) is 6.89. The standard InChI is InChI=1S/C10H14N2O3S.C6H4Cl2/c13-16(14,15)12-8-6-11(7-9-12)10-4-2-1-3-5-10;7-5-3-1-2-4-6(5)8/h1-5H,6-9H2,(H,13,14,15);1-4H. The lowest BCUT2D eigenvalue weighted by Gasteiger charge is -2.33. The largest absolute Gasteiger partial charge is 0.369 e. The molecule has 0 aromatic heterocycles. The van der Waals surface area contributed by atoms with Gasteiger partial charge in [-0.25, -0.2) is 0 Å². The first-order valence-corrected chi connectivity index (χ1v) is 9.46. The highest BCUT2D eigenvalue weighted by molar-refractivity contribution is 7.83. The Balaban J connectivity index is 0.000000219. The molecule has 130 valence electrons. The molecule has 1 N–H and O–H groups in total. The monoisotopic (exact) mass is 388 g/mol. The molecule has 1 aliphatic rings. The van der Waals surface area contributed by atoms with Gasteiger partial charge in [0.2, 0.25) is 0 Å². The normalized spacial score (nSPS) is 15.5. The van der Waals surface area contributed by atoms with Crippen molar-refractivity contribution in [3.63, 3.8) is 0 Å². The number of halogens is 2. The van der Waals surface area contributed by atoms with Crippen LogP contribution < -0.4 is 4.90 Å². The van der Waals surface area contributed by atoms with Gasteiger partial charge in [-0.3, -0.25) is 4.55 Å². The van der Waals surface area contributed by atoms with Gasteiger partial charge in [0.1, 0.15) is 0 Å². The van der Waals surface area contributed by atoms with Crippen molar-refractivity contribution >= 4 is 39.2 Å². The minimum atomic E-state index is -4.02. The zero-order valence-electron chi connectivity index (χ0n) is 12.8. The summed E-state index contributed by atoms with van der Waals surface area (Å²) >= 11 is 11.2. The number of para-hydroxylation sites is 1. The summed E-state index contributed by atoms with van der Waals surface area (Å²) < 4.78 is 31.8. The van der Waals surface area contributed by atoms with Gasteiger partial charge in [0.25, 0.3) is 0 Å². The third-order valence-corrected chi connectivity index (χ3v) is 5.28. The van der Waals surface area contributed by atoms with Gasteiger partial charge in [0.05, 0.1) is 10.0 Å². The lowest BCUT2D eigenvalue weighted by Crippen LogP contribution is -2.48. The van der Waals surface area contributed by atoms with E-state index in [0.29, 0.717) is 36.2 Å². The first-order chi connectivity index (χ1) is 11.4. The van der Waals surface area contributed by atoms with Crippen molar-refractivity contribution in [1.29, 1.82) is 0 Å². The van der Waals surface area contributed by atoms with Gasteiger partial charge >= 0.3 is 10.3 Å². The van der Waals surface area contributed by atoms with Crippen molar-refractivity contribution in [1.82, 2.24) is 4.31 Å². The molecule has 2 aromatic carbocycles. The topological polar surface area (TPSA) is 60.9 Å². The van der Waals surface area contributed by atoms with Crippen LogP contribution in [0.3, 0.4) is 0 Å². The smallest absolute Gasteiger partial charge is 0.336 e. The molecular weight excluding hydrogens is 371 g/mol. The molecular formula is C16H18Cl2N2O3S. The maximum atomic E-state index is 10.9. The number of rotatable bonds is 2. The molecule has 8 heteroatoms. The van der Waals surface area contributed by atoms with Gasteiger partial charge in [0, 0.05) is 31.9 Å². The Labute approximate surface area is 152 Å². The second-order valence-electron chi connectivity index (χ2n) is 5.11. The molecule has 0 radical (unpaired) electrons. The quantitative estimate of drug-likeness (QED) is 0.798. The summed E-state index contributed by atoms with van der Waals surface area (Å²) in [5.41, 5.74) is 1.08. The fourth-order valence-electron chi connectivity index (χ4n) is 2.26. The van der Waals surface area contributed by atoms with Crippen LogP contribution in [0.15, 0.2) is 54.6 Å². The Bertz CT molecular complexity index is 728. The Hall–Kier alpha value is -1.31. The number of hydrogen-bond acceptors (Lipinski definition) is 3. The van der Waals surface area contributed by atoms with Crippen LogP contribution in [0.1, 0.15) is 0 Å². The van der Waals surface area contributed by atoms with Crippen LogP contribution >= 0.6 is 23.2 Å². The summed E-state index contributed by atoms with van der Waals surface area (Å²) in [7, 11) is -4.02. The number of benzene rings is 2. The van der Waals surface area contributed by atoms with E-state index in [0.717, 1.165) is 9.99 Å². The molecule has 0 aliphatic carbocycles. The molecule has 0 unspecified atom stereocenters. The van der Waals surface area contributed by atoms with Crippen molar-refractivity contribution in [2.24, 2.45) is 0 Å². The first-order valence-electron chi connectivity index (χ1n) is 7.30. The van der Waals surface area contributed by atoms with Crippen LogP contribution in [0.25, 0.3) is 0 Å². The van der Waals surface area contributed by atoms with Crippen molar-refractivity contribution in [2.45, 2.75) is 0 Å². The Morgan fingerprint density at radius 2 is 1.25 bits per heavy atom. The molecule has 1 saturated heterocycles. The molecule has 0 atom stereocenters. The number of nitrogens with zero attached hydrogens (tertiary/aromatic N) is 2. The molecule has 5 nitrogen and oxygen atoms in total. The number of anilines is 1. The van der Waals surface area contributed by atoms with Crippen LogP contribution in [0.2, 0.25) is 10.0 Å². The van der Waals surface area contributed by atoms with Crippen LogP contribution in [0.4, 0.5) is 5.69 Å². The van der Waals surface area contributed by atoms with E-state index < -0.39 is 10.3 Å². The minimum Gasteiger partial charge on any atom is -0.369 e. The molecule has 0 amide bonds. The minimum absolute atomic E-state index is 0.327. The SMILES string of the molecule is Clc1ccccc1Cl.O=S(=O)(O)N1CCN(c2ccccc2)CC1. The molecule has 0 spiro atoms. The highest BCUT2D eigenvalue weighted by Gasteiger charge is 2.24. The van der Waals surface area contributed by atoms with Crippen molar-refractivity contribution < 1.29 is 13.0 Å². The molecule has 3 rings (SSSR count). The molecule has 1 heterocycles. The van der Waals surface area contributed by atoms with Gasteiger partial charge < -0.3 is 4.90 Å². The molecule has 0 bridgehead atoms. The number of piperazine rings is 1. The van der Waals surface area contributed by atoms with Crippen LogP contribution in [0, 0.1) is 0 Å². The van der Waals surface area contributed by atoms with E-state index in [1.165, 1.54) is 0 Å². The summed E-state index contributed by atoms with van der Waals surface area (Å²) in [5.74, 6) is 0. The summed E-state index contributed by atoms with van der Waals surface area (Å²) in [5, 5.41) is 1.21. The van der Waals surface area contributed by atoms with E-state index in [9.17, 15) is 8.42 Å². The molecule has 1 fully saturated rings. The van der Waals surface area contributed by atoms with Gasteiger partial charge in [0.15, 0.2) is 0 Å². The summed E-state index contributed by atoms with van der Waals surface area (Å²) in [6, 6.07) is 17.0. The van der Waals surface area contributed by atoms with Gasteiger partial charge in [-0.05, 0) is 24.3 Å². The molecule has 2 aromatic rings. The van der Waals surface area contributed by atoms with Crippen LogP contribution in [-0.4, -0.2) is 43.5 Å². The van der Waals surface area contributed by atoms with E-state index in [-0.39, 0.29) is 0 Å². The first kappa shape index (κ1) is 19.0. The Morgan fingerprint density at radius 3 is 1.67 bits per heavy atom. The lowest BCUT2D eigenvalue weighted by atomic mass is 10.2. The van der Waals surface area contributed by atoms with Crippen molar-refractivity contribution in [3.8, 4) is 0 Å². The predicted octanol–water partition coefficient (Wildman–Crippen LogP) is 3.60. The third kappa shape index (κ3) is 5.65. The van der Waals surface area contributed by atoms with Gasteiger partial charge in [-0.1, -0.05) is 53.5 Å². The lowest BCUT2D eigenvalue weighted by molar-refractivity contribution is 0.335. The number of hydrogen-bond donors (Lipinski definition) is 1. The second-order valence-corrected chi connectivity index (χ2v) is 7.34. The summed E-state index contributed by atoms with van der Waals surface area (Å²) in [6.45, 7) is 1.86. The van der Waals surface area contributed by atoms with E-state index in [1.54, 1.807) is 12.1 Å². The fourth-order valence-corrected chi connectivity index (χ4v) is 3.15. The maximum absolute atomic E-state index is 10.9. The summed E-state index contributed by atoms with van der Waals surface area (Å²) in [6.07, 6.45) is 0. The second kappa shape index (κ2) is 8.69. The molecule has 0 saturated carbocycles. The van der Waals surface area contributed by atoms with E-state index in [4.69, 9.17) is 27.8 Å². The highest BCUT2D eigenvalue weighted by atomic mass is 35.5. The zero-order chi connectivity index (χ0) is 17.6. The highest BCUT2D eigenvalue weighted by Crippen LogP contribution is 2.19. The van der Waals surface area contributed by atoms with E-state index >= 15 is 0 Å². The van der Waals surface area contributed by atoms with Crippen LogP contribution in [-0.2, 0) is 10.3 Å². The average molecular weight is 389 g/mol. The average Bonchev–Trinajstić information content (AvgIpc) is 2.58. The maximum Gasteiger partial charge on any atom is 0.336 e. The van der Waals surface area contributed by atoms with Crippen LogP contribution in [0.5, 0.6) is 0 Å². The fraction of sp³-hybridized carbons (Fsp3) is 0.250. The molecule has 24 heavy (non-hydrogen) atoms.